The van der Waals surface area contributed by atoms with Crippen molar-refractivity contribution in [2.45, 2.75) is 25.9 Å². The molecule has 1 aromatic rings. The average molecular weight is 347 g/mol. The van der Waals surface area contributed by atoms with E-state index in [-0.39, 0.29) is 18.3 Å². The quantitative estimate of drug-likeness (QED) is 0.676. The highest BCUT2D eigenvalue weighted by molar-refractivity contribution is 5.73. The van der Waals surface area contributed by atoms with Crippen LogP contribution in [0.5, 0.6) is 0 Å². The Kier molecular flexibility index (Phi) is 5.35. The van der Waals surface area contributed by atoms with Crippen LogP contribution in [0.15, 0.2) is 6.07 Å². The predicted octanol–water partition coefficient (Wildman–Crippen LogP) is 1.97. The summed E-state index contributed by atoms with van der Waals surface area (Å²) >= 11 is 0. The molecule has 0 bridgehead atoms. The number of halogens is 3. The smallest absolute Gasteiger partial charge is 0.394 e. The van der Waals surface area contributed by atoms with Gasteiger partial charge in [0, 0.05) is 25.7 Å². The normalized spacial score (nSPS) is 21.1. The third kappa shape index (κ3) is 4.18. The Morgan fingerprint density at radius 2 is 2.17 bits per heavy atom. The first-order valence-electron chi connectivity index (χ1n) is 7.65. The van der Waals surface area contributed by atoms with E-state index >= 15 is 0 Å². The van der Waals surface area contributed by atoms with Crippen molar-refractivity contribution in [2.75, 3.05) is 35.6 Å². The Morgan fingerprint density at radius 1 is 1.46 bits per heavy atom. The molecule has 1 saturated heterocycles. The third-order valence-electron chi connectivity index (χ3n) is 3.95. The van der Waals surface area contributed by atoms with Crippen LogP contribution >= 0.6 is 0 Å². The second kappa shape index (κ2) is 7.10. The zero-order chi connectivity index (χ0) is 17.9. The molecule has 1 aliphatic heterocycles. The van der Waals surface area contributed by atoms with Gasteiger partial charge in [0.05, 0.1) is 11.8 Å². The Labute approximate surface area is 137 Å². The number of hydrogen-bond acceptors (Lipinski definition) is 6. The molecule has 2 rings (SSSR count). The Morgan fingerprint density at radius 3 is 2.71 bits per heavy atom. The van der Waals surface area contributed by atoms with Gasteiger partial charge in [0.1, 0.15) is 11.6 Å². The maximum absolute atomic E-state index is 13.1. The van der Waals surface area contributed by atoms with Crippen molar-refractivity contribution >= 4 is 23.6 Å². The number of nitrogens with one attached hydrogen (secondary N) is 1. The van der Waals surface area contributed by atoms with Crippen LogP contribution in [0.1, 0.15) is 19.8 Å². The van der Waals surface area contributed by atoms with Gasteiger partial charge >= 0.3 is 12.1 Å². The zero-order valence-electron chi connectivity index (χ0n) is 13.2. The van der Waals surface area contributed by atoms with Gasteiger partial charge in [-0.1, -0.05) is 13.3 Å². The zero-order valence-corrected chi connectivity index (χ0v) is 13.2. The molecular formula is C14H20F3N5O2. The monoisotopic (exact) mass is 347 g/mol. The fourth-order valence-electron chi connectivity index (χ4n) is 2.67. The number of unbranched alkanes of at least 4 members (excludes halogenated alkanes) is 1. The van der Waals surface area contributed by atoms with Gasteiger partial charge in [-0.2, -0.15) is 23.1 Å². The number of anilines is 3. The minimum Gasteiger partial charge on any atom is -0.481 e. The summed E-state index contributed by atoms with van der Waals surface area (Å²) in [5.74, 6) is -4.41. The number of carbonyl (C=O) groups is 1. The molecule has 2 heterocycles. The van der Waals surface area contributed by atoms with E-state index in [0.29, 0.717) is 12.4 Å². The van der Waals surface area contributed by atoms with Gasteiger partial charge < -0.3 is 21.1 Å². The summed E-state index contributed by atoms with van der Waals surface area (Å²) in [5, 5.41) is 12.1. The molecule has 134 valence electrons. The highest BCUT2D eigenvalue weighted by Gasteiger charge is 2.52. The van der Waals surface area contributed by atoms with Crippen LogP contribution in [0.3, 0.4) is 0 Å². The molecule has 0 aliphatic carbocycles. The highest BCUT2D eigenvalue weighted by atomic mass is 19.4. The van der Waals surface area contributed by atoms with Crippen molar-refractivity contribution < 1.29 is 23.1 Å². The molecule has 24 heavy (non-hydrogen) atoms. The summed E-state index contributed by atoms with van der Waals surface area (Å²) < 4.78 is 39.2. The molecule has 0 radical (unpaired) electrons. The van der Waals surface area contributed by atoms with E-state index in [1.54, 1.807) is 0 Å². The molecule has 0 amide bonds. The fraction of sp³-hybridized carbons (Fsp3) is 0.643. The molecule has 2 atom stereocenters. The highest BCUT2D eigenvalue weighted by Crippen LogP contribution is 2.39. The van der Waals surface area contributed by atoms with E-state index in [2.05, 4.69) is 15.3 Å². The van der Waals surface area contributed by atoms with Crippen LogP contribution in [0.2, 0.25) is 0 Å². The lowest BCUT2D eigenvalue weighted by Gasteiger charge is -2.19. The number of alkyl halides is 3. The van der Waals surface area contributed by atoms with E-state index in [1.807, 2.05) is 6.92 Å². The number of nitrogens with two attached hydrogens (primary N) is 1. The summed E-state index contributed by atoms with van der Waals surface area (Å²) in [4.78, 5) is 20.4. The van der Waals surface area contributed by atoms with Crippen molar-refractivity contribution in [3.8, 4) is 0 Å². The van der Waals surface area contributed by atoms with Gasteiger partial charge in [-0.05, 0) is 6.42 Å². The van der Waals surface area contributed by atoms with Gasteiger partial charge in [0.2, 0.25) is 5.95 Å². The van der Waals surface area contributed by atoms with Gasteiger partial charge in [0.25, 0.3) is 0 Å². The first-order chi connectivity index (χ1) is 11.2. The minimum absolute atomic E-state index is 0.0752. The number of hydrogen-bond donors (Lipinski definition) is 3. The largest absolute Gasteiger partial charge is 0.481 e. The molecule has 1 aliphatic rings. The Balaban J connectivity index is 2.20. The lowest BCUT2D eigenvalue weighted by Crippen LogP contribution is -2.33. The molecule has 0 unspecified atom stereocenters. The summed E-state index contributed by atoms with van der Waals surface area (Å²) in [7, 11) is 0. The first kappa shape index (κ1) is 18.1. The van der Waals surface area contributed by atoms with Gasteiger partial charge in [-0.25, -0.2) is 0 Å². The molecule has 4 N–H and O–H groups in total. The summed E-state index contributed by atoms with van der Waals surface area (Å²) in [5.41, 5.74) is 5.62. The van der Waals surface area contributed by atoms with Crippen LogP contribution in [-0.2, 0) is 4.79 Å². The summed E-state index contributed by atoms with van der Waals surface area (Å²) in [6.07, 6.45) is -2.71. The van der Waals surface area contributed by atoms with Crippen LogP contribution in [0.4, 0.5) is 30.8 Å². The minimum atomic E-state index is -4.58. The molecule has 0 spiro atoms. The number of aliphatic carboxylic acids is 1. The number of aromatic nitrogens is 2. The molecule has 7 nitrogen and oxygen atoms in total. The summed E-state index contributed by atoms with van der Waals surface area (Å²) in [6, 6.07) is 1.49. The molecule has 0 saturated carbocycles. The lowest BCUT2D eigenvalue weighted by atomic mass is 9.96. The van der Waals surface area contributed by atoms with Gasteiger partial charge in [0.15, 0.2) is 0 Å². The van der Waals surface area contributed by atoms with Crippen LogP contribution in [0.25, 0.3) is 0 Å². The molecular weight excluding hydrogens is 327 g/mol. The topological polar surface area (TPSA) is 104 Å². The van der Waals surface area contributed by atoms with E-state index in [1.165, 1.54) is 11.0 Å². The van der Waals surface area contributed by atoms with Crippen LogP contribution < -0.4 is 16.0 Å². The molecule has 1 fully saturated rings. The SMILES string of the molecule is CCCCNc1cc(N2C[C@@H](C(F)(F)F)[C@H](C(=O)O)C2)nc(N)n1. The summed E-state index contributed by atoms with van der Waals surface area (Å²) in [6.45, 7) is 1.93. The molecule has 1 aromatic heterocycles. The van der Waals surface area contributed by atoms with Crippen LogP contribution in [0, 0.1) is 11.8 Å². The number of nitrogens with zero attached hydrogens (tertiary/aromatic N) is 3. The van der Waals surface area contributed by atoms with Crippen molar-refractivity contribution in [3.05, 3.63) is 6.07 Å². The fourth-order valence-corrected chi connectivity index (χ4v) is 2.67. The van der Waals surface area contributed by atoms with Crippen molar-refractivity contribution in [1.82, 2.24) is 9.97 Å². The Hall–Kier alpha value is -2.26. The Bertz CT molecular complexity index is 596. The maximum Gasteiger partial charge on any atom is 0.394 e. The maximum atomic E-state index is 13.1. The van der Waals surface area contributed by atoms with E-state index in [0.717, 1.165) is 12.8 Å². The van der Waals surface area contributed by atoms with E-state index in [4.69, 9.17) is 10.8 Å². The van der Waals surface area contributed by atoms with Crippen molar-refractivity contribution in [2.24, 2.45) is 11.8 Å². The predicted molar refractivity (Wildman–Crippen MR) is 82.7 cm³/mol. The standard InChI is InChI=1S/C14H20F3N5O2/c1-2-3-4-19-10-5-11(21-13(18)20-10)22-6-8(12(23)24)9(7-22)14(15,16)17/h5,8-9H,2-4,6-7H2,1H3,(H,23,24)(H3,18,19,20,21)/t8-,9-/m1/s1. The van der Waals surface area contributed by atoms with E-state index in [9.17, 15) is 18.0 Å². The molecule has 10 heteroatoms. The second-order valence-corrected chi connectivity index (χ2v) is 5.75. The first-order valence-corrected chi connectivity index (χ1v) is 7.65. The van der Waals surface area contributed by atoms with Gasteiger partial charge in [-0.3, -0.25) is 4.79 Å². The van der Waals surface area contributed by atoms with Crippen molar-refractivity contribution in [1.29, 1.82) is 0 Å². The van der Waals surface area contributed by atoms with E-state index < -0.39 is 30.5 Å². The number of carboxylic acid groups (broad SMARTS) is 1. The van der Waals surface area contributed by atoms with Crippen molar-refractivity contribution in [3.63, 3.8) is 0 Å². The van der Waals surface area contributed by atoms with Gasteiger partial charge in [-0.15, -0.1) is 0 Å². The number of carboxylic acids is 1. The lowest BCUT2D eigenvalue weighted by molar-refractivity contribution is -0.187. The third-order valence-corrected chi connectivity index (χ3v) is 3.95. The number of nitrogen functional groups attached to an aromatic ring is 1. The average Bonchev–Trinajstić information content (AvgIpc) is 2.92. The van der Waals surface area contributed by atoms with Crippen LogP contribution in [-0.4, -0.2) is 46.9 Å². The second-order valence-electron chi connectivity index (χ2n) is 5.75. The number of rotatable bonds is 6. The molecule has 0 aromatic carbocycles.